The monoisotopic (exact) mass is 848 g/mol. The van der Waals surface area contributed by atoms with E-state index in [0.29, 0.717) is 24.0 Å². The lowest BCUT2D eigenvalue weighted by molar-refractivity contribution is -0.345. The molecule has 3 N–H and O–H groups in total. The highest BCUT2D eigenvalue weighted by atomic mass is 19.1. The van der Waals surface area contributed by atoms with Gasteiger partial charge < -0.3 is 48.7 Å². The number of fused-ring (bicyclic) bond motifs is 8. The van der Waals surface area contributed by atoms with Crippen molar-refractivity contribution in [2.75, 3.05) is 32.9 Å². The SMILES string of the molecule is CC(=O)O[C@@]12CO[C@@H]1CC[C@@]1(C)[C@@H]3O[C@H](CN4CC(F)C4)O[C@@H]3C3=C(C)[C@@H](OC(=O)[C@H](O)[C@H](CF)NC(=O)OC(C)(C)C)C[C@@](O)([C@@H](OC(=O)c4ccccc4)[C@@H]12)C3(C)C. The molecule has 6 aliphatic rings. The fraction of sp³-hybridized carbons (Fsp3) is 0.721. The third-order valence-electron chi connectivity index (χ3n) is 13.6. The summed E-state index contributed by atoms with van der Waals surface area (Å²) in [5.41, 5.74) is -5.83. The Kier molecular flexibility index (Phi) is 11.7. The van der Waals surface area contributed by atoms with E-state index >= 15 is 0 Å². The number of ether oxygens (including phenoxy) is 7. The highest BCUT2D eigenvalue weighted by Gasteiger charge is 2.77. The van der Waals surface area contributed by atoms with E-state index < -0.39 is 126 Å². The van der Waals surface area contributed by atoms with Crippen LogP contribution in [0.25, 0.3) is 0 Å². The maximum Gasteiger partial charge on any atom is 0.408 e. The minimum atomic E-state index is -2.21. The van der Waals surface area contributed by atoms with Crippen molar-refractivity contribution < 1.29 is 71.3 Å². The van der Waals surface area contributed by atoms with E-state index in [9.17, 15) is 38.2 Å². The summed E-state index contributed by atoms with van der Waals surface area (Å²) in [5.74, 6) is -3.71. The second-order valence-electron chi connectivity index (χ2n) is 19.0. The van der Waals surface area contributed by atoms with Crippen molar-refractivity contribution in [1.29, 1.82) is 0 Å². The van der Waals surface area contributed by atoms with Crippen molar-refractivity contribution in [2.24, 2.45) is 16.7 Å². The first-order chi connectivity index (χ1) is 28.0. The molecule has 332 valence electrons. The summed E-state index contributed by atoms with van der Waals surface area (Å²) in [4.78, 5) is 55.6. The smallest absolute Gasteiger partial charge is 0.408 e. The molecule has 7 rings (SSSR count). The minimum Gasteiger partial charge on any atom is -0.456 e. The van der Waals surface area contributed by atoms with Gasteiger partial charge in [0.25, 0.3) is 0 Å². The van der Waals surface area contributed by atoms with Crippen molar-refractivity contribution in [3.05, 3.63) is 47.0 Å². The second-order valence-corrected chi connectivity index (χ2v) is 19.0. The van der Waals surface area contributed by atoms with Gasteiger partial charge in [-0.25, -0.2) is 23.2 Å². The topological polar surface area (TPSA) is 189 Å². The molecule has 3 aliphatic carbocycles. The number of carbonyl (C=O) groups excluding carboxylic acids is 4. The lowest BCUT2D eigenvalue weighted by atomic mass is 9.45. The van der Waals surface area contributed by atoms with E-state index in [1.54, 1.807) is 71.9 Å². The van der Waals surface area contributed by atoms with Gasteiger partial charge in [0.05, 0.1) is 30.2 Å². The Balaban J connectivity index is 1.36. The predicted octanol–water partition coefficient (Wildman–Crippen LogP) is 3.72. The number of halogens is 2. The number of rotatable bonds is 10. The van der Waals surface area contributed by atoms with Crippen molar-refractivity contribution in [1.82, 2.24) is 10.2 Å². The van der Waals surface area contributed by atoms with E-state index in [4.69, 9.17) is 33.2 Å². The molecule has 2 bridgehead atoms. The van der Waals surface area contributed by atoms with E-state index in [1.165, 1.54) is 6.92 Å². The summed E-state index contributed by atoms with van der Waals surface area (Å²) < 4.78 is 72.2. The van der Waals surface area contributed by atoms with Crippen LogP contribution in [0.15, 0.2) is 41.5 Å². The zero-order valence-electron chi connectivity index (χ0n) is 35.4. The van der Waals surface area contributed by atoms with E-state index in [-0.39, 0.29) is 31.8 Å². The van der Waals surface area contributed by atoms with Gasteiger partial charge in [-0.15, -0.1) is 0 Å². The molecule has 1 aromatic carbocycles. The fourth-order valence-electron chi connectivity index (χ4n) is 10.7. The van der Waals surface area contributed by atoms with Gasteiger partial charge in [-0.1, -0.05) is 39.0 Å². The molecule has 0 spiro atoms. The van der Waals surface area contributed by atoms with Gasteiger partial charge >= 0.3 is 24.0 Å². The lowest BCUT2D eigenvalue weighted by Crippen LogP contribution is -2.79. The van der Waals surface area contributed by atoms with Crippen LogP contribution < -0.4 is 5.32 Å². The van der Waals surface area contributed by atoms with Crippen LogP contribution in [0.2, 0.25) is 0 Å². The Morgan fingerprint density at radius 2 is 1.75 bits per heavy atom. The summed E-state index contributed by atoms with van der Waals surface area (Å²) in [6, 6.07) is 6.45. The molecule has 3 heterocycles. The maximum atomic E-state index is 14.4. The number of hydrogen-bond donors (Lipinski definition) is 3. The van der Waals surface area contributed by atoms with Crippen LogP contribution >= 0.6 is 0 Å². The Hall–Kier alpha value is -3.74. The van der Waals surface area contributed by atoms with Gasteiger partial charge in [-0.2, -0.15) is 0 Å². The van der Waals surface area contributed by atoms with Gasteiger partial charge in [0.2, 0.25) is 0 Å². The van der Waals surface area contributed by atoms with Gasteiger partial charge in [0, 0.05) is 43.8 Å². The molecule has 2 saturated carbocycles. The van der Waals surface area contributed by atoms with Crippen LogP contribution in [0.1, 0.15) is 85.0 Å². The molecule has 1 amide bonds. The minimum absolute atomic E-state index is 0.0810. The highest BCUT2D eigenvalue weighted by molar-refractivity contribution is 5.89. The third kappa shape index (κ3) is 7.61. The predicted molar refractivity (Wildman–Crippen MR) is 207 cm³/mol. The molecule has 3 aliphatic heterocycles. The van der Waals surface area contributed by atoms with Crippen molar-refractivity contribution in [2.45, 2.75) is 147 Å². The zero-order chi connectivity index (χ0) is 43.7. The third-order valence-corrected chi connectivity index (χ3v) is 13.6. The number of nitrogens with zero attached hydrogens (tertiary/aromatic N) is 1. The fourth-order valence-corrected chi connectivity index (χ4v) is 10.7. The number of carbonyl (C=O) groups is 4. The van der Waals surface area contributed by atoms with Crippen LogP contribution in [0.5, 0.6) is 0 Å². The number of esters is 3. The molecule has 15 nitrogen and oxygen atoms in total. The average Bonchev–Trinajstić information content (AvgIpc) is 3.56. The molecule has 17 heteroatoms. The molecular weight excluding hydrogens is 790 g/mol. The largest absolute Gasteiger partial charge is 0.456 e. The maximum absolute atomic E-state index is 14.4. The van der Waals surface area contributed by atoms with Crippen LogP contribution in [-0.4, -0.2) is 144 Å². The molecule has 0 aromatic heterocycles. The summed E-state index contributed by atoms with van der Waals surface area (Å²) in [7, 11) is 0. The Morgan fingerprint density at radius 1 is 1.07 bits per heavy atom. The first kappa shape index (κ1) is 44.3. The number of aliphatic hydroxyl groups excluding tert-OH is 1. The molecule has 60 heavy (non-hydrogen) atoms. The lowest BCUT2D eigenvalue weighted by Gasteiger charge is -2.68. The number of aliphatic hydroxyl groups is 2. The quantitative estimate of drug-likeness (QED) is 0.176. The summed E-state index contributed by atoms with van der Waals surface area (Å²) in [5, 5.41) is 27.0. The molecule has 12 atom stereocenters. The van der Waals surface area contributed by atoms with Gasteiger partial charge in [0.1, 0.15) is 48.5 Å². The normalized spacial score (nSPS) is 37.0. The van der Waals surface area contributed by atoms with Gasteiger partial charge in [-0.3, -0.25) is 9.69 Å². The number of alkyl carbamates (subject to hydrolysis) is 1. The standard InChI is InChI=1S/C43H58F2N2O13/c1-22-27(55-37(51)31(49)26(17-44)46-38(52)60-39(3,4)5)16-43(53)35(58-36(50)24-12-10-9-11-13-24)33-41(8,15-14-28-42(33,21-54-28)59-23(2)48)34-32(30(22)40(43,6)7)56-29(57-34)20-47-18-25(45)19-47/h9-13,25-29,31-35,49,53H,14-21H2,1-8H3,(H,46,52)/t26-,27-,28+,29+,31+,32+,33-,34+,35-,41+,42-,43+/m0/s1. The van der Waals surface area contributed by atoms with E-state index in [2.05, 4.69) is 5.32 Å². The summed E-state index contributed by atoms with van der Waals surface area (Å²) in [6.07, 6.45) is -9.95. The van der Waals surface area contributed by atoms with E-state index in [0.717, 1.165) is 0 Å². The van der Waals surface area contributed by atoms with E-state index in [1.807, 2.05) is 11.8 Å². The molecular formula is C43H58F2N2O13. The Labute approximate surface area is 348 Å². The molecule has 0 unspecified atom stereocenters. The van der Waals surface area contributed by atoms with Gasteiger partial charge in [-0.05, 0) is 63.8 Å². The van der Waals surface area contributed by atoms with Crippen molar-refractivity contribution in [3.8, 4) is 0 Å². The highest BCUT2D eigenvalue weighted by Crippen LogP contribution is 2.66. The number of benzene rings is 1. The van der Waals surface area contributed by atoms with Crippen LogP contribution in [-0.2, 0) is 42.7 Å². The average molecular weight is 849 g/mol. The molecule has 5 fully saturated rings. The van der Waals surface area contributed by atoms with Crippen molar-refractivity contribution >= 4 is 24.0 Å². The summed E-state index contributed by atoms with van der Waals surface area (Å²) >= 11 is 0. The summed E-state index contributed by atoms with van der Waals surface area (Å²) in [6.45, 7) is 12.4. The second kappa shape index (κ2) is 15.9. The number of likely N-dealkylation sites (tertiary alicyclic amines) is 1. The molecule has 1 aromatic rings. The Bertz CT molecular complexity index is 1870. The van der Waals surface area contributed by atoms with Crippen LogP contribution in [0.4, 0.5) is 13.6 Å². The number of hydrogen-bond acceptors (Lipinski definition) is 14. The number of alkyl halides is 2. The van der Waals surface area contributed by atoms with Gasteiger partial charge in [0.15, 0.2) is 18.0 Å². The first-order valence-electron chi connectivity index (χ1n) is 20.7. The molecule has 0 radical (unpaired) electrons. The number of nitrogens with one attached hydrogen (secondary N) is 1. The Morgan fingerprint density at radius 3 is 2.33 bits per heavy atom. The molecule has 3 saturated heterocycles. The van der Waals surface area contributed by atoms with Crippen LogP contribution in [0, 0.1) is 16.7 Å². The van der Waals surface area contributed by atoms with Crippen molar-refractivity contribution in [3.63, 3.8) is 0 Å². The number of amides is 1. The first-order valence-corrected chi connectivity index (χ1v) is 20.7. The van der Waals surface area contributed by atoms with Crippen LogP contribution in [0.3, 0.4) is 0 Å². The zero-order valence-corrected chi connectivity index (χ0v) is 35.4.